The van der Waals surface area contributed by atoms with Gasteiger partial charge in [0, 0.05) is 17.6 Å². The van der Waals surface area contributed by atoms with Crippen LogP contribution in [-0.4, -0.2) is 22.3 Å². The number of carbonyl (C=O) groups excluding carboxylic acids is 1. The zero-order chi connectivity index (χ0) is 13.0. The molecule has 1 fully saturated rings. The molecule has 1 aliphatic rings. The average molecular weight is 315 g/mol. The molecule has 0 saturated heterocycles. The van der Waals surface area contributed by atoms with Crippen LogP contribution in [0.15, 0.2) is 18.5 Å². The van der Waals surface area contributed by atoms with Crippen LogP contribution < -0.4 is 5.32 Å². The molecule has 2 rings (SSSR count). The second-order valence-electron chi connectivity index (χ2n) is 4.70. The Bertz CT molecular complexity index is 427. The van der Waals surface area contributed by atoms with Crippen molar-refractivity contribution in [2.45, 2.75) is 30.5 Å². The fourth-order valence-corrected chi connectivity index (χ4v) is 3.15. The van der Waals surface area contributed by atoms with Crippen LogP contribution in [0.2, 0.25) is 0 Å². The van der Waals surface area contributed by atoms with Gasteiger partial charge in [0.15, 0.2) is 5.82 Å². The van der Waals surface area contributed by atoms with Gasteiger partial charge in [0.05, 0.1) is 11.8 Å². The van der Waals surface area contributed by atoms with Crippen molar-refractivity contribution in [2.24, 2.45) is 5.92 Å². The van der Waals surface area contributed by atoms with Crippen LogP contribution >= 0.6 is 15.9 Å². The molecule has 0 bridgehead atoms. The van der Waals surface area contributed by atoms with E-state index >= 15 is 0 Å². The topological polar surface area (TPSA) is 42.0 Å². The zero-order valence-corrected chi connectivity index (χ0v) is 11.6. The molecular formula is C13H16BrFN2O. The van der Waals surface area contributed by atoms with E-state index in [4.69, 9.17) is 0 Å². The van der Waals surface area contributed by atoms with E-state index in [0.717, 1.165) is 19.0 Å². The summed E-state index contributed by atoms with van der Waals surface area (Å²) in [6, 6.07) is 1.40. The molecule has 1 heterocycles. The van der Waals surface area contributed by atoms with Crippen LogP contribution in [0.5, 0.6) is 0 Å². The van der Waals surface area contributed by atoms with Gasteiger partial charge in [-0.2, -0.15) is 0 Å². The average Bonchev–Trinajstić information content (AvgIpc) is 2.37. The highest BCUT2D eigenvalue weighted by atomic mass is 79.9. The van der Waals surface area contributed by atoms with Crippen LogP contribution in [0.25, 0.3) is 0 Å². The Kier molecular flexibility index (Phi) is 4.69. The lowest BCUT2D eigenvalue weighted by Gasteiger charge is -2.25. The highest BCUT2D eigenvalue weighted by Gasteiger charge is 2.21. The van der Waals surface area contributed by atoms with E-state index < -0.39 is 5.82 Å². The third-order valence-corrected chi connectivity index (χ3v) is 4.12. The van der Waals surface area contributed by atoms with Gasteiger partial charge in [-0.25, -0.2) is 4.39 Å². The van der Waals surface area contributed by atoms with Gasteiger partial charge < -0.3 is 5.32 Å². The van der Waals surface area contributed by atoms with Crippen molar-refractivity contribution in [3.8, 4) is 0 Å². The van der Waals surface area contributed by atoms with E-state index in [0.29, 0.717) is 17.3 Å². The van der Waals surface area contributed by atoms with Gasteiger partial charge in [-0.3, -0.25) is 9.78 Å². The van der Waals surface area contributed by atoms with E-state index in [9.17, 15) is 9.18 Å². The molecular weight excluding hydrogens is 299 g/mol. The molecule has 0 aromatic carbocycles. The van der Waals surface area contributed by atoms with Gasteiger partial charge in [-0.15, -0.1) is 0 Å². The number of aromatic nitrogens is 1. The third kappa shape index (κ3) is 3.51. The van der Waals surface area contributed by atoms with E-state index in [-0.39, 0.29) is 11.5 Å². The van der Waals surface area contributed by atoms with Crippen LogP contribution in [-0.2, 0) is 0 Å². The lowest BCUT2D eigenvalue weighted by Crippen LogP contribution is -2.32. The maximum Gasteiger partial charge on any atom is 0.254 e. The molecule has 18 heavy (non-hydrogen) atoms. The summed E-state index contributed by atoms with van der Waals surface area (Å²) in [6.07, 6.45) is 7.06. The lowest BCUT2D eigenvalue weighted by atomic mass is 9.89. The SMILES string of the molecule is O=C(NCC1CCCC(Br)C1)c1ccncc1F. The number of rotatable bonds is 3. The second kappa shape index (κ2) is 6.27. The molecule has 0 radical (unpaired) electrons. The van der Waals surface area contributed by atoms with E-state index in [1.54, 1.807) is 0 Å². The molecule has 0 aliphatic heterocycles. The Labute approximate surface area is 114 Å². The number of hydrogen-bond donors (Lipinski definition) is 1. The summed E-state index contributed by atoms with van der Waals surface area (Å²) in [6.45, 7) is 0.614. The normalized spacial score (nSPS) is 23.7. The molecule has 1 amide bonds. The fraction of sp³-hybridized carbons (Fsp3) is 0.538. The Morgan fingerprint density at radius 3 is 3.11 bits per heavy atom. The quantitative estimate of drug-likeness (QED) is 0.872. The Morgan fingerprint density at radius 2 is 2.39 bits per heavy atom. The summed E-state index contributed by atoms with van der Waals surface area (Å²) in [5.74, 6) is -0.444. The van der Waals surface area contributed by atoms with Crippen LogP contribution in [0, 0.1) is 11.7 Å². The van der Waals surface area contributed by atoms with Gasteiger partial charge in [-0.05, 0) is 31.2 Å². The minimum absolute atomic E-state index is 0.0659. The van der Waals surface area contributed by atoms with Gasteiger partial charge >= 0.3 is 0 Å². The smallest absolute Gasteiger partial charge is 0.254 e. The number of nitrogens with one attached hydrogen (secondary N) is 1. The van der Waals surface area contributed by atoms with E-state index in [2.05, 4.69) is 26.2 Å². The largest absolute Gasteiger partial charge is 0.352 e. The minimum atomic E-state index is -0.572. The van der Waals surface area contributed by atoms with Crippen LogP contribution in [0.3, 0.4) is 0 Å². The second-order valence-corrected chi connectivity index (χ2v) is 5.99. The predicted molar refractivity (Wildman–Crippen MR) is 71.2 cm³/mol. The summed E-state index contributed by atoms with van der Waals surface area (Å²) in [7, 11) is 0. The van der Waals surface area contributed by atoms with Crippen molar-refractivity contribution >= 4 is 21.8 Å². The summed E-state index contributed by atoms with van der Waals surface area (Å²) in [4.78, 5) is 16.0. The first-order valence-electron chi connectivity index (χ1n) is 6.18. The van der Waals surface area contributed by atoms with Crippen molar-refractivity contribution in [3.63, 3.8) is 0 Å². The first-order valence-corrected chi connectivity index (χ1v) is 7.10. The molecule has 2 unspecified atom stereocenters. The Hall–Kier alpha value is -0.970. The highest BCUT2D eigenvalue weighted by Crippen LogP contribution is 2.28. The first kappa shape index (κ1) is 13.5. The van der Waals surface area contributed by atoms with E-state index in [1.807, 2.05) is 0 Å². The van der Waals surface area contributed by atoms with Gasteiger partial charge in [0.2, 0.25) is 0 Å². The molecule has 5 heteroatoms. The van der Waals surface area contributed by atoms with Crippen molar-refractivity contribution < 1.29 is 9.18 Å². The molecule has 0 spiro atoms. The fourth-order valence-electron chi connectivity index (χ4n) is 2.30. The monoisotopic (exact) mass is 314 g/mol. The van der Waals surface area contributed by atoms with Crippen molar-refractivity contribution in [1.29, 1.82) is 0 Å². The summed E-state index contributed by atoms with van der Waals surface area (Å²) < 4.78 is 13.3. The maximum absolute atomic E-state index is 13.3. The number of halogens is 2. The Balaban J connectivity index is 1.87. The van der Waals surface area contributed by atoms with Crippen molar-refractivity contribution in [2.75, 3.05) is 6.54 Å². The Morgan fingerprint density at radius 1 is 1.56 bits per heavy atom. The molecule has 1 aliphatic carbocycles. The molecule has 2 atom stereocenters. The molecule has 98 valence electrons. The van der Waals surface area contributed by atoms with Crippen LogP contribution in [0.4, 0.5) is 4.39 Å². The third-order valence-electron chi connectivity index (χ3n) is 3.29. The molecule has 1 saturated carbocycles. The van der Waals surface area contributed by atoms with E-state index in [1.165, 1.54) is 25.1 Å². The number of amides is 1. The summed E-state index contributed by atoms with van der Waals surface area (Å²) in [5.41, 5.74) is 0.0659. The summed E-state index contributed by atoms with van der Waals surface area (Å²) >= 11 is 3.61. The standard InChI is InChI=1S/C13H16BrFN2O/c14-10-3-1-2-9(6-10)7-17-13(18)11-4-5-16-8-12(11)15/h4-5,8-10H,1-3,6-7H2,(H,17,18). The number of carbonyl (C=O) groups is 1. The first-order chi connectivity index (χ1) is 8.66. The van der Waals surface area contributed by atoms with Crippen molar-refractivity contribution in [3.05, 3.63) is 29.8 Å². The van der Waals surface area contributed by atoms with Gasteiger partial charge in [0.25, 0.3) is 5.91 Å². The molecule has 3 nitrogen and oxygen atoms in total. The number of pyridine rings is 1. The number of hydrogen-bond acceptors (Lipinski definition) is 2. The van der Waals surface area contributed by atoms with Gasteiger partial charge in [-0.1, -0.05) is 22.4 Å². The molecule has 1 aromatic heterocycles. The predicted octanol–water partition coefficient (Wildman–Crippen LogP) is 2.90. The lowest BCUT2D eigenvalue weighted by molar-refractivity contribution is 0.0939. The van der Waals surface area contributed by atoms with Gasteiger partial charge in [0.1, 0.15) is 0 Å². The number of nitrogens with zero attached hydrogens (tertiary/aromatic N) is 1. The van der Waals surface area contributed by atoms with Crippen LogP contribution in [0.1, 0.15) is 36.0 Å². The minimum Gasteiger partial charge on any atom is -0.352 e. The number of alkyl halides is 1. The molecule has 1 N–H and O–H groups in total. The zero-order valence-electron chi connectivity index (χ0n) is 10.0. The highest BCUT2D eigenvalue weighted by molar-refractivity contribution is 9.09. The van der Waals surface area contributed by atoms with Crippen molar-refractivity contribution in [1.82, 2.24) is 10.3 Å². The maximum atomic E-state index is 13.3. The summed E-state index contributed by atoms with van der Waals surface area (Å²) in [5, 5.41) is 2.80. The molecule has 1 aromatic rings.